The summed E-state index contributed by atoms with van der Waals surface area (Å²) >= 11 is 0. The van der Waals surface area contributed by atoms with Crippen molar-refractivity contribution in [3.63, 3.8) is 0 Å². The number of benzene rings is 1. The van der Waals surface area contributed by atoms with Crippen molar-refractivity contribution in [1.82, 2.24) is 9.97 Å². The van der Waals surface area contributed by atoms with Gasteiger partial charge >= 0.3 is 6.01 Å². The van der Waals surface area contributed by atoms with E-state index in [1.165, 1.54) is 18.4 Å². The van der Waals surface area contributed by atoms with Crippen molar-refractivity contribution in [3.05, 3.63) is 52.1 Å². The van der Waals surface area contributed by atoms with E-state index in [1.54, 1.807) is 12.1 Å². The Balaban J connectivity index is 1.43. The lowest BCUT2D eigenvalue weighted by atomic mass is 10.1. The summed E-state index contributed by atoms with van der Waals surface area (Å²) in [6, 6.07) is 2.71. The van der Waals surface area contributed by atoms with Crippen molar-refractivity contribution in [2.75, 3.05) is 23.7 Å². The molecule has 0 unspecified atom stereocenters. The van der Waals surface area contributed by atoms with E-state index in [9.17, 15) is 8.78 Å². The van der Waals surface area contributed by atoms with Gasteiger partial charge in [0.2, 0.25) is 0 Å². The molecule has 1 aromatic heterocycles. The van der Waals surface area contributed by atoms with Gasteiger partial charge in [-0.2, -0.15) is 9.97 Å². The van der Waals surface area contributed by atoms with Gasteiger partial charge in [0.25, 0.3) is 0 Å². The normalized spacial score (nSPS) is 17.1. The predicted molar refractivity (Wildman–Crippen MR) is 117 cm³/mol. The van der Waals surface area contributed by atoms with Crippen LogP contribution in [0.25, 0.3) is 6.08 Å². The lowest BCUT2D eigenvalue weighted by Crippen LogP contribution is -2.11. The van der Waals surface area contributed by atoms with Crippen molar-refractivity contribution in [1.29, 1.82) is 0 Å². The van der Waals surface area contributed by atoms with Crippen LogP contribution in [0.5, 0.6) is 11.8 Å². The fourth-order valence-electron chi connectivity index (χ4n) is 3.90. The minimum Gasteiger partial charge on any atom is -0.421 e. The SMILES string of the molecule is CCNc1cc(NC2=NCC(C3CC3)=C2)nc(Oc2cc(F)c3c(c2F)C=C(C)C3)n1. The number of aliphatic imine (C=N–C) groups is 1. The summed E-state index contributed by atoms with van der Waals surface area (Å²) in [5.74, 6) is 1.000. The zero-order chi connectivity index (χ0) is 21.5. The molecule has 2 heterocycles. The summed E-state index contributed by atoms with van der Waals surface area (Å²) in [6.07, 6.45) is 6.55. The fraction of sp³-hybridized carbons (Fsp3) is 0.348. The van der Waals surface area contributed by atoms with E-state index in [0.717, 1.165) is 17.5 Å². The molecule has 2 N–H and O–H groups in total. The topological polar surface area (TPSA) is 71.4 Å². The van der Waals surface area contributed by atoms with Gasteiger partial charge in [-0.1, -0.05) is 11.6 Å². The maximum absolute atomic E-state index is 15.0. The number of rotatable bonds is 6. The third kappa shape index (κ3) is 4.02. The molecule has 8 heteroatoms. The molecule has 0 bridgehead atoms. The highest BCUT2D eigenvalue weighted by molar-refractivity contribution is 6.05. The van der Waals surface area contributed by atoms with Crippen LogP contribution in [-0.4, -0.2) is 28.9 Å². The number of halogens is 2. The van der Waals surface area contributed by atoms with Crippen LogP contribution in [0, 0.1) is 17.6 Å². The number of fused-ring (bicyclic) bond motifs is 1. The van der Waals surface area contributed by atoms with Gasteiger partial charge in [0, 0.05) is 29.8 Å². The third-order valence-electron chi connectivity index (χ3n) is 5.55. The standard InChI is InChI=1S/C23H23F2N5O/c1-3-26-20-10-21(28-19-8-14(11-27-19)13-4-5-13)30-23(29-20)31-18-9-17(24)15-6-12(2)7-16(15)22(18)25/h7-10,13H,3-6,11H2,1-2H3,(H2,26,27,28,29,30). The Morgan fingerprint density at radius 3 is 2.71 bits per heavy atom. The molecule has 160 valence electrons. The maximum atomic E-state index is 15.0. The summed E-state index contributed by atoms with van der Waals surface area (Å²) in [7, 11) is 0. The summed E-state index contributed by atoms with van der Waals surface area (Å²) in [5.41, 5.74) is 2.81. The molecule has 0 amide bonds. The number of hydrogen-bond acceptors (Lipinski definition) is 6. The summed E-state index contributed by atoms with van der Waals surface area (Å²) in [5, 5.41) is 6.28. The molecule has 0 saturated heterocycles. The van der Waals surface area contributed by atoms with Crippen LogP contribution in [0.1, 0.15) is 37.8 Å². The quantitative estimate of drug-likeness (QED) is 0.677. The van der Waals surface area contributed by atoms with Crippen LogP contribution in [0.2, 0.25) is 0 Å². The molecule has 0 radical (unpaired) electrons. The van der Waals surface area contributed by atoms with Crippen LogP contribution in [0.15, 0.2) is 34.3 Å². The number of nitrogens with zero attached hydrogens (tertiary/aromatic N) is 3. The van der Waals surface area contributed by atoms with Gasteiger partial charge in [-0.25, -0.2) is 8.78 Å². The average molecular weight is 423 g/mol. The van der Waals surface area contributed by atoms with Crippen molar-refractivity contribution in [2.45, 2.75) is 33.1 Å². The second kappa shape index (κ2) is 7.76. The Hall–Kier alpha value is -3.29. The van der Waals surface area contributed by atoms with Gasteiger partial charge in [-0.3, -0.25) is 4.99 Å². The van der Waals surface area contributed by atoms with Crippen LogP contribution < -0.4 is 15.4 Å². The molecule has 31 heavy (non-hydrogen) atoms. The Labute approximate surface area is 179 Å². The molecule has 2 aromatic rings. The minimum absolute atomic E-state index is 0.0807. The Bertz CT molecular complexity index is 1150. The monoisotopic (exact) mass is 423 g/mol. The van der Waals surface area contributed by atoms with E-state index < -0.39 is 11.6 Å². The highest BCUT2D eigenvalue weighted by atomic mass is 19.1. The molecule has 3 aliphatic rings. The minimum atomic E-state index is -0.614. The zero-order valence-electron chi connectivity index (χ0n) is 17.4. The van der Waals surface area contributed by atoms with Gasteiger partial charge in [0.15, 0.2) is 11.6 Å². The van der Waals surface area contributed by atoms with Gasteiger partial charge in [0.05, 0.1) is 6.54 Å². The zero-order valence-corrected chi connectivity index (χ0v) is 17.4. The van der Waals surface area contributed by atoms with Crippen molar-refractivity contribution in [3.8, 4) is 11.8 Å². The van der Waals surface area contributed by atoms with Crippen LogP contribution >= 0.6 is 0 Å². The Kier molecular flexibility index (Phi) is 4.92. The van der Waals surface area contributed by atoms with E-state index in [0.29, 0.717) is 42.6 Å². The third-order valence-corrected chi connectivity index (χ3v) is 5.55. The molecule has 0 spiro atoms. The highest BCUT2D eigenvalue weighted by Crippen LogP contribution is 2.38. The average Bonchev–Trinajstić information content (AvgIpc) is 3.34. The largest absolute Gasteiger partial charge is 0.421 e. The number of nitrogens with one attached hydrogen (secondary N) is 2. The van der Waals surface area contributed by atoms with Gasteiger partial charge in [-0.05, 0) is 50.7 Å². The smallest absolute Gasteiger partial charge is 0.326 e. The lowest BCUT2D eigenvalue weighted by molar-refractivity contribution is 0.406. The molecule has 5 rings (SSSR count). The lowest BCUT2D eigenvalue weighted by Gasteiger charge is -2.12. The first-order valence-corrected chi connectivity index (χ1v) is 10.5. The molecule has 1 aromatic carbocycles. The van der Waals surface area contributed by atoms with E-state index in [-0.39, 0.29) is 17.3 Å². The number of ether oxygens (including phenoxy) is 1. The molecule has 2 aliphatic carbocycles. The fourth-order valence-corrected chi connectivity index (χ4v) is 3.90. The van der Waals surface area contributed by atoms with Gasteiger partial charge < -0.3 is 15.4 Å². The van der Waals surface area contributed by atoms with Crippen LogP contribution in [0.3, 0.4) is 0 Å². The first kappa shape index (κ1) is 19.7. The van der Waals surface area contributed by atoms with Crippen molar-refractivity contribution in [2.24, 2.45) is 10.9 Å². The van der Waals surface area contributed by atoms with E-state index >= 15 is 0 Å². The van der Waals surface area contributed by atoms with Crippen LogP contribution in [0.4, 0.5) is 20.4 Å². The number of allylic oxidation sites excluding steroid dienone is 1. The maximum Gasteiger partial charge on any atom is 0.326 e. The van der Waals surface area contributed by atoms with Gasteiger partial charge in [-0.15, -0.1) is 0 Å². The number of amidine groups is 1. The van der Waals surface area contributed by atoms with E-state index in [4.69, 9.17) is 4.74 Å². The first-order valence-electron chi connectivity index (χ1n) is 10.5. The molecule has 1 saturated carbocycles. The predicted octanol–water partition coefficient (Wildman–Crippen LogP) is 5.10. The van der Waals surface area contributed by atoms with Crippen molar-refractivity contribution >= 4 is 23.5 Å². The molecule has 6 nitrogen and oxygen atoms in total. The molecular weight excluding hydrogens is 400 g/mol. The number of aromatic nitrogens is 2. The molecule has 1 fully saturated rings. The van der Waals surface area contributed by atoms with E-state index in [1.807, 2.05) is 13.8 Å². The molecule has 1 aliphatic heterocycles. The summed E-state index contributed by atoms with van der Waals surface area (Å²) < 4.78 is 35.1. The number of anilines is 2. The number of hydrogen-bond donors (Lipinski definition) is 2. The summed E-state index contributed by atoms with van der Waals surface area (Å²) in [6.45, 7) is 5.11. The first-order chi connectivity index (χ1) is 15.0. The summed E-state index contributed by atoms with van der Waals surface area (Å²) in [4.78, 5) is 13.1. The van der Waals surface area contributed by atoms with E-state index in [2.05, 4.69) is 31.7 Å². The molecular formula is C23H23F2N5O. The van der Waals surface area contributed by atoms with Gasteiger partial charge in [0.1, 0.15) is 23.3 Å². The van der Waals surface area contributed by atoms with Crippen molar-refractivity contribution < 1.29 is 13.5 Å². The molecule has 0 atom stereocenters. The highest BCUT2D eigenvalue weighted by Gasteiger charge is 2.28. The second-order valence-electron chi connectivity index (χ2n) is 8.10. The Morgan fingerprint density at radius 2 is 1.94 bits per heavy atom. The second-order valence-corrected chi connectivity index (χ2v) is 8.10. The Morgan fingerprint density at radius 1 is 1.13 bits per heavy atom. The van der Waals surface area contributed by atoms with Crippen LogP contribution in [-0.2, 0) is 6.42 Å².